The van der Waals surface area contributed by atoms with Crippen molar-refractivity contribution in [1.82, 2.24) is 9.88 Å². The Morgan fingerprint density at radius 3 is 2.86 bits per heavy atom. The number of fused-ring (bicyclic) bond motifs is 1. The molecule has 1 saturated heterocycles. The number of pyridine rings is 1. The van der Waals surface area contributed by atoms with Crippen LogP contribution in [0.15, 0.2) is 18.3 Å². The van der Waals surface area contributed by atoms with Crippen LogP contribution in [0.3, 0.4) is 0 Å². The molecule has 3 rings (SSSR count). The SMILES string of the molecule is CCC(C)(C(O)C1CCc2cccnc21)N1CCCCC1. The van der Waals surface area contributed by atoms with Gasteiger partial charge in [-0.1, -0.05) is 19.4 Å². The van der Waals surface area contributed by atoms with Crippen LogP contribution < -0.4 is 0 Å². The summed E-state index contributed by atoms with van der Waals surface area (Å²) in [6, 6.07) is 4.18. The summed E-state index contributed by atoms with van der Waals surface area (Å²) in [5.74, 6) is 0.202. The first-order valence-corrected chi connectivity index (χ1v) is 8.53. The molecule has 0 radical (unpaired) electrons. The molecule has 3 heteroatoms. The first-order valence-electron chi connectivity index (χ1n) is 8.53. The maximum Gasteiger partial charge on any atom is 0.0804 e. The summed E-state index contributed by atoms with van der Waals surface area (Å²) in [5.41, 5.74) is 2.35. The number of rotatable bonds is 4. The molecular weight excluding hydrogens is 260 g/mol. The van der Waals surface area contributed by atoms with E-state index in [1.54, 1.807) is 0 Å². The van der Waals surface area contributed by atoms with Gasteiger partial charge in [0.2, 0.25) is 0 Å². The minimum atomic E-state index is -0.322. The number of aliphatic hydroxyl groups excluding tert-OH is 1. The van der Waals surface area contributed by atoms with Crippen molar-refractivity contribution >= 4 is 0 Å². The van der Waals surface area contributed by atoms with Crippen molar-refractivity contribution in [2.24, 2.45) is 0 Å². The average Bonchev–Trinajstić information content (AvgIpc) is 2.98. The highest BCUT2D eigenvalue weighted by molar-refractivity contribution is 5.30. The number of hydrogen-bond acceptors (Lipinski definition) is 3. The summed E-state index contributed by atoms with van der Waals surface area (Å²) < 4.78 is 0. The average molecular weight is 288 g/mol. The van der Waals surface area contributed by atoms with Gasteiger partial charge in [0, 0.05) is 23.3 Å². The van der Waals surface area contributed by atoms with Gasteiger partial charge in [0.05, 0.1) is 6.10 Å². The van der Waals surface area contributed by atoms with E-state index in [9.17, 15) is 5.11 Å². The molecule has 116 valence electrons. The van der Waals surface area contributed by atoms with E-state index in [1.807, 2.05) is 12.3 Å². The van der Waals surface area contributed by atoms with E-state index in [4.69, 9.17) is 0 Å². The molecule has 1 fully saturated rings. The lowest BCUT2D eigenvalue weighted by Crippen LogP contribution is -2.57. The Morgan fingerprint density at radius 1 is 1.38 bits per heavy atom. The third kappa shape index (κ3) is 2.62. The second kappa shape index (κ2) is 6.05. The number of likely N-dealkylation sites (tertiary alicyclic amines) is 1. The van der Waals surface area contributed by atoms with Gasteiger partial charge in [-0.25, -0.2) is 0 Å². The molecular formula is C18H28N2O. The maximum atomic E-state index is 11.2. The second-order valence-electron chi connectivity index (χ2n) is 6.90. The lowest BCUT2D eigenvalue weighted by Gasteiger charge is -2.47. The number of aromatic nitrogens is 1. The van der Waals surface area contributed by atoms with Crippen LogP contribution in [0.25, 0.3) is 0 Å². The molecule has 3 unspecified atom stereocenters. The van der Waals surface area contributed by atoms with Crippen LogP contribution in [0.2, 0.25) is 0 Å². The summed E-state index contributed by atoms with van der Waals surface area (Å²) in [7, 11) is 0. The van der Waals surface area contributed by atoms with Crippen molar-refractivity contribution in [2.75, 3.05) is 13.1 Å². The van der Waals surface area contributed by atoms with Gasteiger partial charge < -0.3 is 5.11 Å². The number of aliphatic hydroxyl groups is 1. The molecule has 3 atom stereocenters. The van der Waals surface area contributed by atoms with Crippen molar-refractivity contribution in [3.05, 3.63) is 29.6 Å². The molecule has 2 heterocycles. The smallest absolute Gasteiger partial charge is 0.0804 e. The maximum absolute atomic E-state index is 11.2. The molecule has 0 aromatic carbocycles. The largest absolute Gasteiger partial charge is 0.391 e. The Balaban J connectivity index is 1.84. The minimum absolute atomic E-state index is 0.121. The number of hydrogen-bond donors (Lipinski definition) is 1. The van der Waals surface area contributed by atoms with Crippen LogP contribution in [-0.2, 0) is 6.42 Å². The lowest BCUT2D eigenvalue weighted by atomic mass is 9.79. The predicted molar refractivity (Wildman–Crippen MR) is 85.4 cm³/mol. The summed E-state index contributed by atoms with van der Waals surface area (Å²) in [6.45, 7) is 6.72. The third-order valence-electron chi connectivity index (χ3n) is 5.81. The van der Waals surface area contributed by atoms with Crippen molar-refractivity contribution < 1.29 is 5.11 Å². The van der Waals surface area contributed by atoms with Gasteiger partial charge in [0.1, 0.15) is 0 Å². The zero-order valence-corrected chi connectivity index (χ0v) is 13.4. The minimum Gasteiger partial charge on any atom is -0.391 e. The van der Waals surface area contributed by atoms with Crippen molar-refractivity contribution in [3.8, 4) is 0 Å². The van der Waals surface area contributed by atoms with E-state index < -0.39 is 0 Å². The van der Waals surface area contributed by atoms with E-state index >= 15 is 0 Å². The molecule has 21 heavy (non-hydrogen) atoms. The van der Waals surface area contributed by atoms with E-state index in [-0.39, 0.29) is 17.6 Å². The first kappa shape index (κ1) is 15.0. The first-order chi connectivity index (χ1) is 10.2. The molecule has 0 spiro atoms. The highest BCUT2D eigenvalue weighted by atomic mass is 16.3. The lowest BCUT2D eigenvalue weighted by molar-refractivity contribution is -0.0466. The Morgan fingerprint density at radius 2 is 2.14 bits per heavy atom. The van der Waals surface area contributed by atoms with Crippen LogP contribution in [0.5, 0.6) is 0 Å². The van der Waals surface area contributed by atoms with E-state index in [2.05, 4.69) is 29.8 Å². The van der Waals surface area contributed by atoms with Gasteiger partial charge >= 0.3 is 0 Å². The highest BCUT2D eigenvalue weighted by Gasteiger charge is 2.44. The van der Waals surface area contributed by atoms with Crippen molar-refractivity contribution in [3.63, 3.8) is 0 Å². The number of piperidine rings is 1. The Bertz CT molecular complexity index is 484. The monoisotopic (exact) mass is 288 g/mol. The summed E-state index contributed by atoms with van der Waals surface area (Å²) in [5, 5.41) is 11.2. The van der Waals surface area contributed by atoms with Crippen LogP contribution in [0.4, 0.5) is 0 Å². The van der Waals surface area contributed by atoms with Gasteiger partial charge in [0.25, 0.3) is 0 Å². The molecule has 0 amide bonds. The predicted octanol–water partition coefficient (Wildman–Crippen LogP) is 3.13. The second-order valence-corrected chi connectivity index (χ2v) is 6.90. The standard InChI is InChI=1S/C18H28N2O/c1-3-18(2,20-12-5-4-6-13-20)17(21)15-10-9-14-8-7-11-19-16(14)15/h7-8,11,15,17,21H,3-6,9-10,12-13H2,1-2H3. The topological polar surface area (TPSA) is 36.4 Å². The van der Waals surface area contributed by atoms with E-state index in [0.717, 1.165) is 38.0 Å². The van der Waals surface area contributed by atoms with E-state index in [0.29, 0.717) is 0 Å². The Kier molecular flexibility index (Phi) is 4.32. The number of nitrogens with zero attached hydrogens (tertiary/aromatic N) is 2. The van der Waals surface area contributed by atoms with Gasteiger partial charge in [-0.3, -0.25) is 9.88 Å². The van der Waals surface area contributed by atoms with Crippen LogP contribution >= 0.6 is 0 Å². The normalized spacial score (nSPS) is 27.1. The van der Waals surface area contributed by atoms with E-state index in [1.165, 1.54) is 24.8 Å². The van der Waals surface area contributed by atoms with Crippen LogP contribution in [0.1, 0.15) is 63.1 Å². The van der Waals surface area contributed by atoms with Gasteiger partial charge in [-0.15, -0.1) is 0 Å². The van der Waals surface area contributed by atoms with Gasteiger partial charge in [-0.05, 0) is 63.7 Å². The molecule has 3 nitrogen and oxygen atoms in total. The summed E-state index contributed by atoms with van der Waals surface area (Å²) in [6.07, 6.45) is 8.50. The van der Waals surface area contributed by atoms with Gasteiger partial charge in [-0.2, -0.15) is 0 Å². The molecule has 0 saturated carbocycles. The third-order valence-corrected chi connectivity index (χ3v) is 5.81. The molecule has 1 aliphatic carbocycles. The fourth-order valence-corrected chi connectivity index (χ4v) is 4.21. The van der Waals surface area contributed by atoms with Crippen molar-refractivity contribution in [1.29, 1.82) is 0 Å². The van der Waals surface area contributed by atoms with Crippen LogP contribution in [-0.4, -0.2) is 39.7 Å². The Hall–Kier alpha value is -0.930. The molecule has 1 aromatic rings. The highest BCUT2D eigenvalue weighted by Crippen LogP contribution is 2.40. The molecule has 1 N–H and O–H groups in total. The Labute approximate surface area is 128 Å². The van der Waals surface area contributed by atoms with Crippen molar-refractivity contribution in [2.45, 2.75) is 69.9 Å². The summed E-state index contributed by atoms with van der Waals surface area (Å²) >= 11 is 0. The fourth-order valence-electron chi connectivity index (χ4n) is 4.21. The fraction of sp³-hybridized carbons (Fsp3) is 0.722. The molecule has 1 aromatic heterocycles. The zero-order chi connectivity index (χ0) is 14.9. The molecule has 1 aliphatic heterocycles. The quantitative estimate of drug-likeness (QED) is 0.924. The zero-order valence-electron chi connectivity index (χ0n) is 13.4. The summed E-state index contributed by atoms with van der Waals surface area (Å²) in [4.78, 5) is 7.11. The number of aryl methyl sites for hydroxylation is 1. The molecule has 2 aliphatic rings. The van der Waals surface area contributed by atoms with Gasteiger partial charge in [0.15, 0.2) is 0 Å². The molecule has 0 bridgehead atoms. The van der Waals surface area contributed by atoms with Crippen LogP contribution in [0, 0.1) is 0 Å².